The minimum atomic E-state index is -0.632. The number of rotatable bonds is 4. The van der Waals surface area contributed by atoms with Crippen LogP contribution in [0.2, 0.25) is 0 Å². The van der Waals surface area contributed by atoms with Crippen LogP contribution in [0, 0.1) is 0 Å². The predicted octanol–water partition coefficient (Wildman–Crippen LogP) is 2.72. The first kappa shape index (κ1) is 18.3. The second-order valence-corrected chi connectivity index (χ2v) is 7.30. The lowest BCUT2D eigenvalue weighted by Gasteiger charge is -2.35. The number of likely N-dealkylation sites (tertiary alicyclic amines) is 1. The molecule has 1 amide bonds. The van der Waals surface area contributed by atoms with Gasteiger partial charge in [0.25, 0.3) is 5.91 Å². The van der Waals surface area contributed by atoms with Gasteiger partial charge in [-0.15, -0.1) is 0 Å². The Morgan fingerprint density at radius 2 is 1.77 bits per heavy atom. The molecule has 0 radical (unpaired) electrons. The first-order valence-electron chi connectivity index (χ1n) is 8.90. The largest absolute Gasteiger partial charge is 0.497 e. The molecule has 140 valence electrons. The lowest BCUT2D eigenvalue weighted by atomic mass is 9.98. The number of piperidine rings is 1. The maximum absolute atomic E-state index is 12.6. The molecule has 1 saturated heterocycles. The van der Waals surface area contributed by atoms with Crippen molar-refractivity contribution in [3.8, 4) is 11.5 Å². The molecule has 0 bridgehead atoms. The number of hydrogen-bond donors (Lipinski definition) is 0. The Balaban J connectivity index is 1.54. The highest BCUT2D eigenvalue weighted by Gasteiger charge is 2.34. The van der Waals surface area contributed by atoms with Gasteiger partial charge in [-0.3, -0.25) is 9.59 Å². The highest BCUT2D eigenvalue weighted by Crippen LogP contribution is 2.27. The van der Waals surface area contributed by atoms with E-state index in [2.05, 4.69) is 0 Å². The minimum absolute atomic E-state index is 0.0618. The fourth-order valence-corrected chi connectivity index (χ4v) is 3.26. The summed E-state index contributed by atoms with van der Waals surface area (Å²) in [7, 11) is 1.63. The van der Waals surface area contributed by atoms with Gasteiger partial charge in [0.15, 0.2) is 11.5 Å². The average Bonchev–Trinajstić information content (AvgIpc) is 2.61. The zero-order valence-electron chi connectivity index (χ0n) is 15.5. The monoisotopic (exact) mass is 359 g/mol. The van der Waals surface area contributed by atoms with Gasteiger partial charge in [0.05, 0.1) is 7.11 Å². The molecule has 6 nitrogen and oxygen atoms in total. The van der Waals surface area contributed by atoms with Crippen LogP contribution in [0.25, 0.3) is 0 Å². The molecule has 1 fully saturated rings. The first-order chi connectivity index (χ1) is 12.4. The summed E-state index contributed by atoms with van der Waals surface area (Å²) in [6.07, 6.45) is 3.16. The number of ether oxygens (including phenoxy) is 3. The number of amides is 1. The van der Waals surface area contributed by atoms with E-state index in [1.807, 2.05) is 38.1 Å². The fraction of sp³-hybridized carbons (Fsp3) is 0.500. The normalized spacial score (nSPS) is 20.2. The second-order valence-electron chi connectivity index (χ2n) is 7.30. The SMILES string of the molecule is COc1ccc(OC2CCN(C(=O)C3=CC(=O)CC(C)(C)O3)CC2)cc1. The van der Waals surface area contributed by atoms with Crippen LogP contribution < -0.4 is 9.47 Å². The number of carbonyl (C=O) groups excluding carboxylic acids is 2. The summed E-state index contributed by atoms with van der Waals surface area (Å²) >= 11 is 0. The van der Waals surface area contributed by atoms with Crippen LogP contribution in [-0.2, 0) is 14.3 Å². The lowest BCUT2D eigenvalue weighted by Crippen LogP contribution is -2.44. The molecule has 1 aromatic rings. The molecule has 2 heterocycles. The van der Waals surface area contributed by atoms with Gasteiger partial charge in [-0.1, -0.05) is 0 Å². The summed E-state index contributed by atoms with van der Waals surface area (Å²) in [5, 5.41) is 0. The number of ketones is 1. The molecule has 0 spiro atoms. The molecule has 2 aliphatic rings. The van der Waals surface area contributed by atoms with Crippen molar-refractivity contribution in [1.29, 1.82) is 0 Å². The van der Waals surface area contributed by atoms with E-state index in [9.17, 15) is 9.59 Å². The van der Waals surface area contributed by atoms with Gasteiger partial charge in [-0.05, 0) is 38.1 Å². The van der Waals surface area contributed by atoms with Crippen LogP contribution >= 0.6 is 0 Å². The van der Waals surface area contributed by atoms with Crippen molar-refractivity contribution < 1.29 is 23.8 Å². The van der Waals surface area contributed by atoms with Crippen LogP contribution in [0.15, 0.2) is 36.1 Å². The zero-order chi connectivity index (χ0) is 18.7. The number of methoxy groups -OCH3 is 1. The number of nitrogens with zero attached hydrogens (tertiary/aromatic N) is 1. The van der Waals surface area contributed by atoms with Crippen molar-refractivity contribution in [1.82, 2.24) is 4.90 Å². The highest BCUT2D eigenvalue weighted by molar-refractivity contribution is 6.01. The topological polar surface area (TPSA) is 65.1 Å². The molecule has 6 heteroatoms. The van der Waals surface area contributed by atoms with Crippen molar-refractivity contribution in [2.45, 2.75) is 44.8 Å². The molecule has 0 unspecified atom stereocenters. The van der Waals surface area contributed by atoms with E-state index < -0.39 is 5.60 Å². The van der Waals surface area contributed by atoms with Gasteiger partial charge >= 0.3 is 0 Å². The summed E-state index contributed by atoms with van der Waals surface area (Å²) in [5.41, 5.74) is -0.632. The Hall–Kier alpha value is -2.50. The summed E-state index contributed by atoms with van der Waals surface area (Å²) in [5.74, 6) is 1.45. The molecular weight excluding hydrogens is 334 g/mol. The smallest absolute Gasteiger partial charge is 0.289 e. The average molecular weight is 359 g/mol. The van der Waals surface area contributed by atoms with Gasteiger partial charge in [0, 0.05) is 38.4 Å². The molecule has 2 aliphatic heterocycles. The Bertz CT molecular complexity index is 699. The molecule has 0 aliphatic carbocycles. The predicted molar refractivity (Wildman–Crippen MR) is 96.1 cm³/mol. The third-order valence-electron chi connectivity index (χ3n) is 4.58. The lowest BCUT2D eigenvalue weighted by molar-refractivity contribution is -0.139. The van der Waals surface area contributed by atoms with E-state index in [4.69, 9.17) is 14.2 Å². The summed E-state index contributed by atoms with van der Waals surface area (Å²) in [4.78, 5) is 26.2. The molecule has 0 atom stereocenters. The molecule has 0 aromatic heterocycles. The second kappa shape index (κ2) is 7.40. The summed E-state index contributed by atoms with van der Waals surface area (Å²) in [6.45, 7) is 4.80. The van der Waals surface area contributed by atoms with E-state index in [1.54, 1.807) is 12.0 Å². The quantitative estimate of drug-likeness (QED) is 0.827. The van der Waals surface area contributed by atoms with Crippen LogP contribution in [0.3, 0.4) is 0 Å². The molecule has 26 heavy (non-hydrogen) atoms. The Morgan fingerprint density at radius 3 is 2.35 bits per heavy atom. The maximum Gasteiger partial charge on any atom is 0.289 e. The Labute approximate surface area is 153 Å². The number of hydrogen-bond acceptors (Lipinski definition) is 5. The molecule has 0 saturated carbocycles. The number of allylic oxidation sites excluding steroid dienone is 1. The highest BCUT2D eigenvalue weighted by atomic mass is 16.5. The van der Waals surface area contributed by atoms with Crippen molar-refractivity contribution in [2.24, 2.45) is 0 Å². The first-order valence-corrected chi connectivity index (χ1v) is 8.90. The molecule has 3 rings (SSSR count). The summed E-state index contributed by atoms with van der Waals surface area (Å²) in [6, 6.07) is 7.48. The van der Waals surface area contributed by atoms with Gasteiger partial charge < -0.3 is 19.1 Å². The third-order valence-corrected chi connectivity index (χ3v) is 4.58. The summed E-state index contributed by atoms with van der Waals surface area (Å²) < 4.78 is 16.8. The number of carbonyl (C=O) groups is 2. The Morgan fingerprint density at radius 1 is 1.15 bits per heavy atom. The van der Waals surface area contributed by atoms with Crippen LogP contribution in [0.4, 0.5) is 0 Å². The molecular formula is C20H25NO5. The third kappa shape index (κ3) is 4.36. The van der Waals surface area contributed by atoms with Crippen molar-refractivity contribution in [3.63, 3.8) is 0 Å². The maximum atomic E-state index is 12.6. The Kier molecular flexibility index (Phi) is 5.20. The van der Waals surface area contributed by atoms with Crippen LogP contribution in [-0.4, -0.2) is 48.5 Å². The minimum Gasteiger partial charge on any atom is -0.497 e. The van der Waals surface area contributed by atoms with Crippen LogP contribution in [0.1, 0.15) is 33.1 Å². The van der Waals surface area contributed by atoms with Crippen LogP contribution in [0.5, 0.6) is 11.5 Å². The van der Waals surface area contributed by atoms with E-state index in [1.165, 1.54) is 6.08 Å². The van der Waals surface area contributed by atoms with Crippen molar-refractivity contribution >= 4 is 11.7 Å². The van der Waals surface area contributed by atoms with E-state index in [0.29, 0.717) is 19.5 Å². The molecule has 0 N–H and O–H groups in total. The van der Waals surface area contributed by atoms with Crippen molar-refractivity contribution in [2.75, 3.05) is 20.2 Å². The van der Waals surface area contributed by atoms with E-state index >= 15 is 0 Å². The fourth-order valence-electron chi connectivity index (χ4n) is 3.26. The van der Waals surface area contributed by atoms with Crippen molar-refractivity contribution in [3.05, 3.63) is 36.1 Å². The standard InChI is InChI=1S/C20H25NO5/c1-20(2)13-14(22)12-18(26-20)19(23)21-10-8-17(9-11-21)25-16-6-4-15(24-3)5-7-16/h4-7,12,17H,8-11,13H2,1-3H3. The van der Waals surface area contributed by atoms with Gasteiger partial charge in [-0.2, -0.15) is 0 Å². The number of benzene rings is 1. The van der Waals surface area contributed by atoms with Gasteiger partial charge in [0.1, 0.15) is 23.2 Å². The van der Waals surface area contributed by atoms with Gasteiger partial charge in [-0.25, -0.2) is 0 Å². The van der Waals surface area contributed by atoms with E-state index in [-0.39, 0.29) is 23.6 Å². The molecule has 1 aromatic carbocycles. The van der Waals surface area contributed by atoms with Gasteiger partial charge in [0.2, 0.25) is 0 Å². The van der Waals surface area contributed by atoms with E-state index in [0.717, 1.165) is 24.3 Å². The zero-order valence-corrected chi connectivity index (χ0v) is 15.5.